The summed E-state index contributed by atoms with van der Waals surface area (Å²) in [6.45, 7) is -0.172. The van der Waals surface area contributed by atoms with Gasteiger partial charge in [0.05, 0.1) is 5.69 Å². The highest BCUT2D eigenvalue weighted by molar-refractivity contribution is 6.01. The van der Waals surface area contributed by atoms with Gasteiger partial charge < -0.3 is 20.6 Å². The number of nitrogens with zero attached hydrogens (tertiary/aromatic N) is 1. The first kappa shape index (κ1) is 16.9. The number of nitrogens with one attached hydrogen (secondary N) is 2. The van der Waals surface area contributed by atoms with E-state index in [0.29, 0.717) is 24.3 Å². The Bertz CT molecular complexity index is 797. The number of para-hydroxylation sites is 1. The van der Waals surface area contributed by atoms with Crippen LogP contribution in [0.2, 0.25) is 0 Å². The van der Waals surface area contributed by atoms with Crippen molar-refractivity contribution < 1.29 is 19.1 Å². The molecule has 25 heavy (non-hydrogen) atoms. The maximum Gasteiger partial charge on any atom is 0.250 e. The molecule has 2 aromatic carbocycles. The molecule has 1 atom stereocenters. The summed E-state index contributed by atoms with van der Waals surface area (Å²) >= 11 is 0. The van der Waals surface area contributed by atoms with Crippen LogP contribution in [0.4, 0.5) is 21.5 Å². The number of carbonyl (C=O) groups excluding carboxylic acids is 2. The molecule has 3 N–H and O–H groups in total. The van der Waals surface area contributed by atoms with Gasteiger partial charge in [0.1, 0.15) is 18.5 Å². The Morgan fingerprint density at radius 3 is 2.72 bits per heavy atom. The smallest absolute Gasteiger partial charge is 0.250 e. The van der Waals surface area contributed by atoms with Crippen molar-refractivity contribution in [1.29, 1.82) is 0 Å². The second-order valence-corrected chi connectivity index (χ2v) is 5.71. The summed E-state index contributed by atoms with van der Waals surface area (Å²) in [5, 5.41) is 14.4. The van der Waals surface area contributed by atoms with Gasteiger partial charge in [0, 0.05) is 17.9 Å². The van der Waals surface area contributed by atoms with Crippen LogP contribution in [0.15, 0.2) is 48.5 Å². The minimum absolute atomic E-state index is 0.199. The van der Waals surface area contributed by atoms with Crippen molar-refractivity contribution in [1.82, 2.24) is 0 Å². The third-order valence-electron chi connectivity index (χ3n) is 3.98. The Balaban J connectivity index is 1.70. The molecule has 0 spiro atoms. The largest absolute Gasteiger partial charge is 0.387 e. The van der Waals surface area contributed by atoms with Crippen LogP contribution >= 0.6 is 0 Å². The average molecular weight is 343 g/mol. The topological polar surface area (TPSA) is 81.7 Å². The zero-order valence-electron chi connectivity index (χ0n) is 13.4. The molecule has 0 saturated carbocycles. The molecule has 3 rings (SSSR count). The fourth-order valence-corrected chi connectivity index (χ4v) is 2.81. The maximum atomic E-state index is 13.9. The molecule has 1 saturated heterocycles. The molecule has 1 aliphatic heterocycles. The molecular weight excluding hydrogens is 325 g/mol. The molecule has 6 nitrogen and oxygen atoms in total. The van der Waals surface area contributed by atoms with E-state index in [-0.39, 0.29) is 11.6 Å². The van der Waals surface area contributed by atoms with Gasteiger partial charge in [-0.2, -0.15) is 0 Å². The summed E-state index contributed by atoms with van der Waals surface area (Å²) in [6, 6.07) is 12.6. The Morgan fingerprint density at radius 1 is 1.20 bits per heavy atom. The zero-order valence-corrected chi connectivity index (χ0v) is 13.4. The first-order valence-corrected chi connectivity index (χ1v) is 7.91. The van der Waals surface area contributed by atoms with Gasteiger partial charge in [0.15, 0.2) is 0 Å². The number of hydrogen-bond donors (Lipinski definition) is 3. The number of hydrogen-bond acceptors (Lipinski definition) is 4. The summed E-state index contributed by atoms with van der Waals surface area (Å²) < 4.78 is 13.9. The molecular formula is C18H18FN3O3. The number of aliphatic hydroxyl groups is 1. The summed E-state index contributed by atoms with van der Waals surface area (Å²) in [7, 11) is 0. The number of amides is 2. The second kappa shape index (κ2) is 7.31. The van der Waals surface area contributed by atoms with E-state index >= 15 is 0 Å². The molecule has 0 unspecified atom stereocenters. The number of benzene rings is 2. The SMILES string of the molecule is O=C(CO)Nc1cccc(N[C@@H]2CCN(c3ccccc3F)C2=O)c1. The number of anilines is 3. The van der Waals surface area contributed by atoms with Crippen LogP contribution in [-0.4, -0.2) is 36.1 Å². The number of aliphatic hydroxyl groups excluding tert-OH is 1. The Labute approximate surface area is 144 Å². The third kappa shape index (κ3) is 3.77. The van der Waals surface area contributed by atoms with Crippen LogP contribution in [0.25, 0.3) is 0 Å². The Hall–Kier alpha value is -2.93. The Morgan fingerprint density at radius 2 is 1.96 bits per heavy atom. The molecule has 7 heteroatoms. The molecule has 1 heterocycles. The van der Waals surface area contributed by atoms with Gasteiger partial charge in [-0.25, -0.2) is 4.39 Å². The lowest BCUT2D eigenvalue weighted by Crippen LogP contribution is -2.33. The average Bonchev–Trinajstić information content (AvgIpc) is 2.96. The molecule has 2 aromatic rings. The third-order valence-corrected chi connectivity index (χ3v) is 3.98. The fourth-order valence-electron chi connectivity index (χ4n) is 2.81. The fraction of sp³-hybridized carbons (Fsp3) is 0.222. The highest BCUT2D eigenvalue weighted by atomic mass is 19.1. The Kier molecular flexibility index (Phi) is 4.95. The minimum atomic E-state index is -0.601. The quantitative estimate of drug-likeness (QED) is 0.775. The predicted molar refractivity (Wildman–Crippen MR) is 92.9 cm³/mol. The zero-order chi connectivity index (χ0) is 17.8. The lowest BCUT2D eigenvalue weighted by Gasteiger charge is -2.18. The molecule has 130 valence electrons. The van der Waals surface area contributed by atoms with E-state index in [2.05, 4.69) is 10.6 Å². The van der Waals surface area contributed by atoms with E-state index in [4.69, 9.17) is 5.11 Å². The van der Waals surface area contributed by atoms with Gasteiger partial charge in [-0.05, 0) is 36.8 Å². The van der Waals surface area contributed by atoms with Crippen molar-refractivity contribution in [3.8, 4) is 0 Å². The van der Waals surface area contributed by atoms with Gasteiger partial charge in [-0.1, -0.05) is 18.2 Å². The van der Waals surface area contributed by atoms with Gasteiger partial charge >= 0.3 is 0 Å². The molecule has 2 amide bonds. The van der Waals surface area contributed by atoms with E-state index in [1.165, 1.54) is 11.0 Å². The summed E-state index contributed by atoms with van der Waals surface area (Å²) in [6.07, 6.45) is 0.542. The molecule has 0 bridgehead atoms. The predicted octanol–water partition coefficient (Wildman–Crippen LogP) is 1.97. The van der Waals surface area contributed by atoms with Crippen molar-refractivity contribution in [2.45, 2.75) is 12.5 Å². The monoisotopic (exact) mass is 343 g/mol. The van der Waals surface area contributed by atoms with E-state index < -0.39 is 24.4 Å². The minimum Gasteiger partial charge on any atom is -0.387 e. The summed E-state index contributed by atoms with van der Waals surface area (Å²) in [5.74, 6) is -1.14. The standard InChI is InChI=1S/C18H18FN3O3/c19-14-6-1-2-7-16(14)22-9-8-15(18(22)25)20-12-4-3-5-13(10-12)21-17(24)11-23/h1-7,10,15,20,23H,8-9,11H2,(H,21,24)/t15-/m1/s1. The summed E-state index contributed by atoms with van der Waals surface area (Å²) in [5.41, 5.74) is 1.45. The van der Waals surface area contributed by atoms with Crippen molar-refractivity contribution in [3.05, 3.63) is 54.3 Å². The van der Waals surface area contributed by atoms with Crippen molar-refractivity contribution >= 4 is 28.9 Å². The maximum absolute atomic E-state index is 13.9. The van der Waals surface area contributed by atoms with Gasteiger partial charge in [0.2, 0.25) is 11.8 Å². The summed E-state index contributed by atoms with van der Waals surface area (Å²) in [4.78, 5) is 25.2. The molecule has 0 radical (unpaired) electrons. The molecule has 0 aliphatic carbocycles. The van der Waals surface area contributed by atoms with Crippen LogP contribution in [0.1, 0.15) is 6.42 Å². The number of rotatable bonds is 5. The van der Waals surface area contributed by atoms with Crippen molar-refractivity contribution in [3.63, 3.8) is 0 Å². The molecule has 1 aliphatic rings. The lowest BCUT2D eigenvalue weighted by atomic mass is 10.2. The molecule has 0 aromatic heterocycles. The van der Waals surface area contributed by atoms with Crippen LogP contribution in [0.5, 0.6) is 0 Å². The van der Waals surface area contributed by atoms with Crippen molar-refractivity contribution in [2.75, 3.05) is 28.7 Å². The van der Waals surface area contributed by atoms with Gasteiger partial charge in [0.25, 0.3) is 0 Å². The van der Waals surface area contributed by atoms with E-state index in [9.17, 15) is 14.0 Å². The highest BCUT2D eigenvalue weighted by Crippen LogP contribution is 2.26. The first-order valence-electron chi connectivity index (χ1n) is 7.91. The van der Waals surface area contributed by atoms with Crippen LogP contribution in [0, 0.1) is 5.82 Å². The lowest BCUT2D eigenvalue weighted by molar-refractivity contribution is -0.119. The van der Waals surface area contributed by atoms with Crippen LogP contribution in [-0.2, 0) is 9.59 Å². The van der Waals surface area contributed by atoms with Crippen LogP contribution in [0.3, 0.4) is 0 Å². The van der Waals surface area contributed by atoms with E-state index in [1.54, 1.807) is 42.5 Å². The number of halogens is 1. The second-order valence-electron chi connectivity index (χ2n) is 5.71. The first-order chi connectivity index (χ1) is 12.1. The van der Waals surface area contributed by atoms with Crippen LogP contribution < -0.4 is 15.5 Å². The molecule has 1 fully saturated rings. The van der Waals surface area contributed by atoms with E-state index in [1.807, 2.05) is 0 Å². The van der Waals surface area contributed by atoms with E-state index in [0.717, 1.165) is 0 Å². The van der Waals surface area contributed by atoms with Crippen molar-refractivity contribution in [2.24, 2.45) is 0 Å². The normalized spacial score (nSPS) is 16.8. The van der Waals surface area contributed by atoms with Gasteiger partial charge in [-0.3, -0.25) is 9.59 Å². The highest BCUT2D eigenvalue weighted by Gasteiger charge is 2.33. The number of carbonyl (C=O) groups is 2. The van der Waals surface area contributed by atoms with Gasteiger partial charge in [-0.15, -0.1) is 0 Å².